The number of carbonyl (C=O) groups is 1. The fourth-order valence-corrected chi connectivity index (χ4v) is 5.87. The highest BCUT2D eigenvalue weighted by molar-refractivity contribution is 7.92. The Hall–Kier alpha value is -3.12. The molecule has 0 aliphatic heterocycles. The molecule has 0 spiro atoms. The third-order valence-corrected chi connectivity index (χ3v) is 7.97. The van der Waals surface area contributed by atoms with Crippen molar-refractivity contribution in [3.8, 4) is 0 Å². The van der Waals surface area contributed by atoms with Gasteiger partial charge in [-0.15, -0.1) is 0 Å². The number of benzene rings is 3. The Balaban J connectivity index is 1.67. The summed E-state index contributed by atoms with van der Waals surface area (Å²) in [6, 6.07) is 24.7. The Bertz CT molecular complexity index is 1160. The first kappa shape index (κ1) is 23.1. The maximum atomic E-state index is 13.7. The number of amides is 1. The highest BCUT2D eigenvalue weighted by atomic mass is 32.2. The number of anilines is 1. The van der Waals surface area contributed by atoms with Crippen molar-refractivity contribution in [2.24, 2.45) is 5.92 Å². The maximum Gasteiger partial charge on any atom is 0.264 e. The fourth-order valence-electron chi connectivity index (χ4n) is 4.38. The molecular weight excluding hydrogens is 432 g/mol. The summed E-state index contributed by atoms with van der Waals surface area (Å²) in [4.78, 5) is 13.4. The SMILES string of the molecule is O=C(NCC1CCCCC1)c1ccccc1N(Cc1ccccc1)S(=O)(=O)c1ccccc1. The van der Waals surface area contributed by atoms with Crippen molar-refractivity contribution in [3.05, 3.63) is 96.1 Å². The molecule has 0 bridgehead atoms. The van der Waals surface area contributed by atoms with Crippen molar-refractivity contribution >= 4 is 21.6 Å². The van der Waals surface area contributed by atoms with Crippen LogP contribution in [0.1, 0.15) is 48.0 Å². The van der Waals surface area contributed by atoms with Gasteiger partial charge in [0, 0.05) is 6.54 Å². The second-order valence-electron chi connectivity index (χ2n) is 8.54. The van der Waals surface area contributed by atoms with Crippen molar-refractivity contribution in [1.82, 2.24) is 5.32 Å². The van der Waals surface area contributed by atoms with E-state index in [4.69, 9.17) is 0 Å². The average molecular weight is 463 g/mol. The number of sulfonamides is 1. The van der Waals surface area contributed by atoms with Gasteiger partial charge in [0.2, 0.25) is 0 Å². The smallest absolute Gasteiger partial charge is 0.264 e. The van der Waals surface area contributed by atoms with Crippen LogP contribution in [0, 0.1) is 5.92 Å². The van der Waals surface area contributed by atoms with Crippen LogP contribution in [-0.4, -0.2) is 20.9 Å². The average Bonchev–Trinajstić information content (AvgIpc) is 2.87. The van der Waals surface area contributed by atoms with Crippen LogP contribution in [0.15, 0.2) is 89.8 Å². The minimum atomic E-state index is -3.89. The number of nitrogens with one attached hydrogen (secondary N) is 1. The first-order valence-corrected chi connectivity index (χ1v) is 13.0. The first-order chi connectivity index (χ1) is 16.1. The zero-order valence-corrected chi connectivity index (χ0v) is 19.5. The highest BCUT2D eigenvalue weighted by Crippen LogP contribution is 2.29. The van der Waals surface area contributed by atoms with Gasteiger partial charge in [-0.25, -0.2) is 8.42 Å². The van der Waals surface area contributed by atoms with Crippen LogP contribution in [-0.2, 0) is 16.6 Å². The van der Waals surface area contributed by atoms with Gasteiger partial charge in [-0.2, -0.15) is 0 Å². The summed E-state index contributed by atoms with van der Waals surface area (Å²) in [7, 11) is -3.89. The fraction of sp³-hybridized carbons (Fsp3) is 0.296. The number of rotatable bonds is 8. The normalized spacial score (nSPS) is 14.5. The lowest BCUT2D eigenvalue weighted by atomic mass is 9.89. The molecule has 4 rings (SSSR count). The molecule has 1 amide bonds. The second kappa shape index (κ2) is 10.7. The van der Waals surface area contributed by atoms with Crippen molar-refractivity contribution in [1.29, 1.82) is 0 Å². The minimum Gasteiger partial charge on any atom is -0.352 e. The topological polar surface area (TPSA) is 66.5 Å². The van der Waals surface area contributed by atoms with E-state index in [1.165, 1.54) is 23.6 Å². The Morgan fingerprint density at radius 2 is 1.42 bits per heavy atom. The summed E-state index contributed by atoms with van der Waals surface area (Å²) >= 11 is 0. The summed E-state index contributed by atoms with van der Waals surface area (Å²) < 4.78 is 28.8. The molecule has 3 aromatic rings. The van der Waals surface area contributed by atoms with E-state index in [-0.39, 0.29) is 17.3 Å². The molecule has 6 heteroatoms. The molecule has 5 nitrogen and oxygen atoms in total. The molecule has 1 fully saturated rings. The van der Waals surface area contributed by atoms with E-state index in [0.717, 1.165) is 18.4 Å². The van der Waals surface area contributed by atoms with E-state index in [0.29, 0.717) is 23.7 Å². The lowest BCUT2D eigenvalue weighted by Crippen LogP contribution is -2.35. The van der Waals surface area contributed by atoms with Crippen LogP contribution in [0.4, 0.5) is 5.69 Å². The van der Waals surface area contributed by atoms with Gasteiger partial charge in [0.05, 0.1) is 22.7 Å². The Morgan fingerprint density at radius 3 is 2.12 bits per heavy atom. The number of hydrogen-bond acceptors (Lipinski definition) is 3. The summed E-state index contributed by atoms with van der Waals surface area (Å²) in [5, 5.41) is 3.06. The molecular formula is C27H30N2O3S. The number of para-hydroxylation sites is 1. The zero-order valence-electron chi connectivity index (χ0n) is 18.7. The van der Waals surface area contributed by atoms with Gasteiger partial charge in [0.25, 0.3) is 15.9 Å². The monoisotopic (exact) mass is 462 g/mol. The number of carbonyl (C=O) groups excluding carboxylic acids is 1. The Labute approximate surface area is 196 Å². The number of hydrogen-bond donors (Lipinski definition) is 1. The molecule has 0 aromatic heterocycles. The molecule has 0 heterocycles. The predicted molar refractivity (Wildman–Crippen MR) is 132 cm³/mol. The number of nitrogens with zero attached hydrogens (tertiary/aromatic N) is 1. The zero-order chi connectivity index (χ0) is 23.1. The molecule has 1 saturated carbocycles. The third-order valence-electron chi connectivity index (χ3n) is 6.19. The van der Waals surface area contributed by atoms with E-state index in [9.17, 15) is 13.2 Å². The van der Waals surface area contributed by atoms with E-state index >= 15 is 0 Å². The molecule has 1 aliphatic carbocycles. The van der Waals surface area contributed by atoms with Crippen molar-refractivity contribution in [2.45, 2.75) is 43.5 Å². The van der Waals surface area contributed by atoms with Crippen LogP contribution < -0.4 is 9.62 Å². The molecule has 0 atom stereocenters. The summed E-state index contributed by atoms with van der Waals surface area (Å²) in [6.07, 6.45) is 5.93. The van der Waals surface area contributed by atoms with Crippen molar-refractivity contribution in [3.63, 3.8) is 0 Å². The van der Waals surface area contributed by atoms with E-state index < -0.39 is 10.0 Å². The van der Waals surface area contributed by atoms with Crippen molar-refractivity contribution in [2.75, 3.05) is 10.8 Å². The summed E-state index contributed by atoms with van der Waals surface area (Å²) in [6.45, 7) is 0.752. The van der Waals surface area contributed by atoms with Gasteiger partial charge in [0.15, 0.2) is 0 Å². The van der Waals surface area contributed by atoms with Gasteiger partial charge in [-0.1, -0.05) is 79.9 Å². The molecule has 33 heavy (non-hydrogen) atoms. The first-order valence-electron chi connectivity index (χ1n) is 11.5. The third kappa shape index (κ3) is 5.63. The Kier molecular flexibility index (Phi) is 7.45. The van der Waals surface area contributed by atoms with Crippen molar-refractivity contribution < 1.29 is 13.2 Å². The molecule has 3 aromatic carbocycles. The van der Waals surface area contributed by atoms with Crippen LogP contribution in [0.3, 0.4) is 0 Å². The molecule has 0 radical (unpaired) electrons. The van der Waals surface area contributed by atoms with Gasteiger partial charge in [0.1, 0.15) is 0 Å². The second-order valence-corrected chi connectivity index (χ2v) is 10.4. The minimum absolute atomic E-state index is 0.130. The molecule has 172 valence electrons. The van der Waals surface area contributed by atoms with Gasteiger partial charge >= 0.3 is 0 Å². The molecule has 0 saturated heterocycles. The quantitative estimate of drug-likeness (QED) is 0.488. The largest absolute Gasteiger partial charge is 0.352 e. The van der Waals surface area contributed by atoms with E-state index in [1.807, 2.05) is 30.3 Å². The van der Waals surface area contributed by atoms with Crippen LogP contribution in [0.2, 0.25) is 0 Å². The standard InChI is InChI=1S/C27H30N2O3S/c30-27(28-20-22-12-4-1-5-13-22)25-18-10-11-19-26(25)29(21-23-14-6-2-7-15-23)33(31,32)24-16-8-3-9-17-24/h2-3,6-11,14-19,22H,1,4-5,12-13,20-21H2,(H,28,30). The van der Waals surface area contributed by atoms with Crippen LogP contribution in [0.25, 0.3) is 0 Å². The van der Waals surface area contributed by atoms with E-state index in [1.54, 1.807) is 54.6 Å². The van der Waals surface area contributed by atoms with Gasteiger partial charge in [-0.3, -0.25) is 9.10 Å². The molecule has 1 N–H and O–H groups in total. The molecule has 0 unspecified atom stereocenters. The van der Waals surface area contributed by atoms with E-state index in [2.05, 4.69) is 5.32 Å². The lowest BCUT2D eigenvalue weighted by molar-refractivity contribution is 0.0944. The lowest BCUT2D eigenvalue weighted by Gasteiger charge is -2.27. The van der Waals surface area contributed by atoms with Gasteiger partial charge in [-0.05, 0) is 48.6 Å². The van der Waals surface area contributed by atoms with Gasteiger partial charge < -0.3 is 5.32 Å². The summed E-state index contributed by atoms with van der Waals surface area (Å²) in [5.74, 6) is 0.251. The van der Waals surface area contributed by atoms with Crippen LogP contribution >= 0.6 is 0 Å². The Morgan fingerprint density at radius 1 is 0.818 bits per heavy atom. The maximum absolute atomic E-state index is 13.7. The highest BCUT2D eigenvalue weighted by Gasteiger charge is 2.28. The van der Waals surface area contributed by atoms with Crippen LogP contribution in [0.5, 0.6) is 0 Å². The summed E-state index contributed by atoms with van der Waals surface area (Å²) in [5.41, 5.74) is 1.59. The molecule has 1 aliphatic rings. The predicted octanol–water partition coefficient (Wildman–Crippen LogP) is 5.39.